The first-order valence-electron chi connectivity index (χ1n) is 8.57. The quantitative estimate of drug-likeness (QED) is 0.866. The molecule has 1 saturated carbocycles. The summed E-state index contributed by atoms with van der Waals surface area (Å²) in [6.45, 7) is 3.84. The number of likely N-dealkylation sites (N-methyl/N-ethyl adjacent to an activating group) is 1. The van der Waals surface area contributed by atoms with Gasteiger partial charge in [0.2, 0.25) is 11.8 Å². The van der Waals surface area contributed by atoms with Crippen LogP contribution in [0.15, 0.2) is 17.5 Å². The lowest BCUT2D eigenvalue weighted by atomic mass is 9.91. The van der Waals surface area contributed by atoms with E-state index in [0.717, 1.165) is 17.7 Å². The number of amides is 2. The van der Waals surface area contributed by atoms with E-state index in [1.807, 2.05) is 31.4 Å². The summed E-state index contributed by atoms with van der Waals surface area (Å²) in [5.41, 5.74) is -0.786. The summed E-state index contributed by atoms with van der Waals surface area (Å²) in [7, 11) is 1.75. The number of hydrogen-bond acceptors (Lipinski definition) is 3. The molecule has 1 aromatic heterocycles. The lowest BCUT2D eigenvalue weighted by Gasteiger charge is -2.38. The van der Waals surface area contributed by atoms with Crippen LogP contribution in [0.1, 0.15) is 57.2 Å². The van der Waals surface area contributed by atoms with E-state index in [2.05, 4.69) is 5.32 Å². The second-order valence-electron chi connectivity index (χ2n) is 6.64. The monoisotopic (exact) mass is 336 g/mol. The second kappa shape index (κ2) is 7.95. The molecule has 0 unspecified atom stereocenters. The highest BCUT2D eigenvalue weighted by Crippen LogP contribution is 2.23. The van der Waals surface area contributed by atoms with E-state index in [1.165, 1.54) is 19.3 Å². The molecule has 128 valence electrons. The third-order valence-corrected chi connectivity index (χ3v) is 6.01. The molecule has 0 aromatic carbocycles. The van der Waals surface area contributed by atoms with Gasteiger partial charge in [0.25, 0.3) is 0 Å². The molecule has 4 nitrogen and oxygen atoms in total. The van der Waals surface area contributed by atoms with Crippen molar-refractivity contribution in [3.05, 3.63) is 22.4 Å². The smallest absolute Gasteiger partial charge is 0.245 e. The average molecular weight is 337 g/mol. The zero-order valence-electron chi connectivity index (χ0n) is 14.4. The predicted octanol–water partition coefficient (Wildman–Crippen LogP) is 3.37. The molecule has 1 aromatic rings. The Hall–Kier alpha value is -1.36. The fourth-order valence-corrected chi connectivity index (χ4v) is 3.79. The summed E-state index contributed by atoms with van der Waals surface area (Å²) in [5.74, 6) is -0.0236. The number of rotatable bonds is 6. The van der Waals surface area contributed by atoms with Crippen molar-refractivity contribution in [1.82, 2.24) is 10.2 Å². The molecule has 1 N–H and O–H groups in total. The third-order valence-electron chi connectivity index (χ3n) is 5.14. The Balaban J connectivity index is 2.01. The normalized spacial score (nSPS) is 18.2. The maximum atomic E-state index is 12.8. The molecule has 0 radical (unpaired) electrons. The van der Waals surface area contributed by atoms with E-state index in [-0.39, 0.29) is 17.9 Å². The van der Waals surface area contributed by atoms with Gasteiger partial charge in [0, 0.05) is 18.0 Å². The lowest BCUT2D eigenvalue weighted by molar-refractivity contribution is -0.145. The summed E-state index contributed by atoms with van der Waals surface area (Å²) in [4.78, 5) is 28.0. The molecule has 0 saturated heterocycles. The molecular formula is C18H28N2O2S. The van der Waals surface area contributed by atoms with Gasteiger partial charge in [-0.1, -0.05) is 32.3 Å². The molecule has 0 aliphatic heterocycles. The number of thiophene rings is 1. The highest BCUT2D eigenvalue weighted by molar-refractivity contribution is 7.10. The number of carbonyl (C=O) groups is 2. The summed E-state index contributed by atoms with van der Waals surface area (Å²) in [6, 6.07) is 4.17. The van der Waals surface area contributed by atoms with Crippen molar-refractivity contribution in [3.8, 4) is 0 Å². The topological polar surface area (TPSA) is 49.4 Å². The Kier molecular flexibility index (Phi) is 6.22. The van der Waals surface area contributed by atoms with Gasteiger partial charge in [-0.15, -0.1) is 11.3 Å². The van der Waals surface area contributed by atoms with E-state index >= 15 is 0 Å². The van der Waals surface area contributed by atoms with Crippen LogP contribution in [0.3, 0.4) is 0 Å². The van der Waals surface area contributed by atoms with Crippen LogP contribution in [0.25, 0.3) is 0 Å². The highest BCUT2D eigenvalue weighted by atomic mass is 32.1. The number of hydrogen-bond donors (Lipinski definition) is 1. The molecule has 5 heteroatoms. The summed E-state index contributed by atoms with van der Waals surface area (Å²) in [6.07, 6.45) is 6.70. The molecule has 1 fully saturated rings. The van der Waals surface area contributed by atoms with Crippen molar-refractivity contribution >= 4 is 23.2 Å². The zero-order chi connectivity index (χ0) is 16.9. The van der Waals surface area contributed by atoms with Crippen LogP contribution >= 0.6 is 11.3 Å². The van der Waals surface area contributed by atoms with Gasteiger partial charge >= 0.3 is 0 Å². The van der Waals surface area contributed by atoms with E-state index in [4.69, 9.17) is 0 Å². The lowest BCUT2D eigenvalue weighted by Crippen LogP contribution is -2.59. The largest absolute Gasteiger partial charge is 0.351 e. The molecule has 23 heavy (non-hydrogen) atoms. The molecule has 1 aliphatic rings. The Morgan fingerprint density at radius 3 is 2.61 bits per heavy atom. The van der Waals surface area contributed by atoms with Crippen LogP contribution in [-0.4, -0.2) is 35.3 Å². The van der Waals surface area contributed by atoms with Crippen molar-refractivity contribution in [1.29, 1.82) is 0 Å². The fraction of sp³-hybridized carbons (Fsp3) is 0.667. The Morgan fingerprint density at radius 2 is 2.04 bits per heavy atom. The van der Waals surface area contributed by atoms with Crippen LogP contribution in [-0.2, 0) is 16.0 Å². The molecular weight excluding hydrogens is 308 g/mol. The summed E-state index contributed by atoms with van der Waals surface area (Å²) >= 11 is 1.58. The molecule has 1 atom stereocenters. The molecule has 1 heterocycles. The molecule has 0 bridgehead atoms. The van der Waals surface area contributed by atoms with Gasteiger partial charge in [-0.3, -0.25) is 9.59 Å². The van der Waals surface area contributed by atoms with Crippen molar-refractivity contribution in [2.75, 3.05) is 7.05 Å². The van der Waals surface area contributed by atoms with E-state index in [0.29, 0.717) is 12.8 Å². The van der Waals surface area contributed by atoms with Crippen LogP contribution in [0, 0.1) is 0 Å². The molecule has 0 spiro atoms. The molecule has 2 rings (SSSR count). The van der Waals surface area contributed by atoms with Gasteiger partial charge < -0.3 is 10.2 Å². The first-order chi connectivity index (χ1) is 11.0. The summed E-state index contributed by atoms with van der Waals surface area (Å²) in [5, 5.41) is 5.14. The average Bonchev–Trinajstić information content (AvgIpc) is 3.07. The Labute approximate surface area is 143 Å². The van der Waals surface area contributed by atoms with Gasteiger partial charge in [-0.05, 0) is 37.6 Å². The minimum Gasteiger partial charge on any atom is -0.351 e. The SMILES string of the molecule is CC[C@@](C)(C(=O)NC1CCCCC1)N(C)C(=O)Cc1cccs1. The van der Waals surface area contributed by atoms with Crippen molar-refractivity contribution in [2.24, 2.45) is 0 Å². The van der Waals surface area contributed by atoms with Crippen molar-refractivity contribution in [2.45, 2.75) is 70.4 Å². The molecule has 2 amide bonds. The zero-order valence-corrected chi connectivity index (χ0v) is 15.2. The van der Waals surface area contributed by atoms with Gasteiger partial charge in [0.15, 0.2) is 0 Å². The van der Waals surface area contributed by atoms with E-state index in [1.54, 1.807) is 23.3 Å². The van der Waals surface area contributed by atoms with Crippen LogP contribution in [0.2, 0.25) is 0 Å². The Bertz CT molecular complexity index is 523. The highest BCUT2D eigenvalue weighted by Gasteiger charge is 2.39. The Morgan fingerprint density at radius 1 is 1.35 bits per heavy atom. The van der Waals surface area contributed by atoms with E-state index in [9.17, 15) is 9.59 Å². The van der Waals surface area contributed by atoms with Crippen LogP contribution < -0.4 is 5.32 Å². The fourth-order valence-electron chi connectivity index (χ4n) is 3.09. The van der Waals surface area contributed by atoms with Gasteiger partial charge in [-0.2, -0.15) is 0 Å². The van der Waals surface area contributed by atoms with E-state index < -0.39 is 5.54 Å². The van der Waals surface area contributed by atoms with Crippen molar-refractivity contribution < 1.29 is 9.59 Å². The number of nitrogens with zero attached hydrogens (tertiary/aromatic N) is 1. The first kappa shape index (κ1) is 18.0. The maximum Gasteiger partial charge on any atom is 0.245 e. The summed E-state index contributed by atoms with van der Waals surface area (Å²) < 4.78 is 0. The van der Waals surface area contributed by atoms with Crippen LogP contribution in [0.4, 0.5) is 0 Å². The predicted molar refractivity (Wildman–Crippen MR) is 94.5 cm³/mol. The third kappa shape index (κ3) is 4.34. The standard InChI is InChI=1S/C18H28N2O2S/c1-4-18(2,17(22)19-14-9-6-5-7-10-14)20(3)16(21)13-15-11-8-12-23-15/h8,11-12,14H,4-7,9-10,13H2,1-3H3,(H,19,22)/t18-/m0/s1. The number of nitrogens with one attached hydrogen (secondary N) is 1. The van der Waals surface area contributed by atoms with Gasteiger partial charge in [0.1, 0.15) is 5.54 Å². The minimum absolute atomic E-state index is 0.00408. The number of carbonyl (C=O) groups excluding carboxylic acids is 2. The second-order valence-corrected chi connectivity index (χ2v) is 7.68. The van der Waals surface area contributed by atoms with Crippen molar-refractivity contribution in [3.63, 3.8) is 0 Å². The van der Waals surface area contributed by atoms with Crippen LogP contribution in [0.5, 0.6) is 0 Å². The van der Waals surface area contributed by atoms with Gasteiger partial charge in [-0.25, -0.2) is 0 Å². The molecule has 1 aliphatic carbocycles. The first-order valence-corrected chi connectivity index (χ1v) is 9.45. The maximum absolute atomic E-state index is 12.8. The van der Waals surface area contributed by atoms with Gasteiger partial charge in [0.05, 0.1) is 6.42 Å². The minimum atomic E-state index is -0.786.